The zero-order chi connectivity index (χ0) is 22.3. The van der Waals surface area contributed by atoms with Crippen LogP contribution >= 0.6 is 0 Å². The maximum absolute atomic E-state index is 10.6. The van der Waals surface area contributed by atoms with Crippen LogP contribution in [0, 0.1) is 18.3 Å². The van der Waals surface area contributed by atoms with Crippen LogP contribution in [0.3, 0.4) is 0 Å². The molecule has 4 aromatic heterocycles. The summed E-state index contributed by atoms with van der Waals surface area (Å²) in [5.41, 5.74) is 10.0. The maximum Gasteiger partial charge on any atom is 0.198 e. The Morgan fingerprint density at radius 2 is 2.10 bits per heavy atom. The van der Waals surface area contributed by atoms with Gasteiger partial charge in [0.2, 0.25) is 0 Å². The number of nitrogens with zero attached hydrogens (tertiary/aromatic N) is 6. The average Bonchev–Trinajstić information content (AvgIpc) is 3.33. The predicted octanol–water partition coefficient (Wildman–Crippen LogP) is 3.82. The molecular weight excluding hydrogens is 392 g/mol. The lowest BCUT2D eigenvalue weighted by Crippen LogP contribution is -2.24. The Kier molecular flexibility index (Phi) is 4.70. The molecule has 0 unspecified atom stereocenters. The zero-order valence-electron chi connectivity index (χ0n) is 17.7. The van der Waals surface area contributed by atoms with Crippen LogP contribution in [-0.2, 0) is 5.54 Å². The highest BCUT2D eigenvalue weighted by molar-refractivity contribution is 6.13. The van der Waals surface area contributed by atoms with E-state index in [0.29, 0.717) is 34.0 Å². The molecule has 4 aromatic rings. The highest BCUT2D eigenvalue weighted by Crippen LogP contribution is 2.32. The van der Waals surface area contributed by atoms with Crippen molar-refractivity contribution in [1.82, 2.24) is 24.7 Å². The molecule has 4 N–H and O–H groups in total. The van der Waals surface area contributed by atoms with E-state index >= 15 is 0 Å². The number of nitrogen functional groups attached to an aromatic ring is 1. The molecule has 0 aliphatic carbocycles. The number of H-pyrrole nitrogens is 1. The van der Waals surface area contributed by atoms with E-state index in [9.17, 15) is 10.4 Å². The Bertz CT molecular complexity index is 1370. The van der Waals surface area contributed by atoms with Crippen molar-refractivity contribution in [2.75, 3.05) is 5.73 Å². The zero-order valence-corrected chi connectivity index (χ0v) is 17.7. The third kappa shape index (κ3) is 3.48. The summed E-state index contributed by atoms with van der Waals surface area (Å²) < 4.78 is 1.56. The van der Waals surface area contributed by atoms with Gasteiger partial charge in [-0.3, -0.25) is 14.6 Å². The standard InChI is InChI=1S/C22H22N8O/c1-12-15(8-25-9-16(12)24)17-7-14-18(10-26-17)28-21(31)20(14)13(2)27-19-5-6-30(29-19)22(3,4)11-23/h5-10,28,31H,24H2,1-4H3. The molecule has 0 aliphatic rings. The molecule has 0 spiro atoms. The second-order valence-corrected chi connectivity index (χ2v) is 7.85. The van der Waals surface area contributed by atoms with Gasteiger partial charge in [0.25, 0.3) is 0 Å². The number of aromatic nitrogens is 5. The number of aliphatic imine (C=N–C) groups is 1. The summed E-state index contributed by atoms with van der Waals surface area (Å²) in [6.45, 7) is 7.25. The van der Waals surface area contributed by atoms with Crippen molar-refractivity contribution in [1.29, 1.82) is 5.26 Å². The molecule has 0 bridgehead atoms. The average molecular weight is 414 g/mol. The van der Waals surface area contributed by atoms with Gasteiger partial charge in [-0.2, -0.15) is 10.4 Å². The van der Waals surface area contributed by atoms with Crippen LogP contribution in [0.2, 0.25) is 0 Å². The van der Waals surface area contributed by atoms with Gasteiger partial charge in [0.15, 0.2) is 11.7 Å². The largest absolute Gasteiger partial charge is 0.494 e. The lowest BCUT2D eigenvalue weighted by molar-refractivity contribution is 0.419. The van der Waals surface area contributed by atoms with Gasteiger partial charge in [-0.1, -0.05) is 0 Å². The monoisotopic (exact) mass is 414 g/mol. The maximum atomic E-state index is 10.6. The van der Waals surface area contributed by atoms with Gasteiger partial charge < -0.3 is 15.8 Å². The second-order valence-electron chi connectivity index (χ2n) is 7.85. The number of pyridine rings is 2. The van der Waals surface area contributed by atoms with Crippen molar-refractivity contribution in [2.45, 2.75) is 33.2 Å². The minimum Gasteiger partial charge on any atom is -0.494 e. The van der Waals surface area contributed by atoms with Crippen LogP contribution < -0.4 is 5.73 Å². The fourth-order valence-corrected chi connectivity index (χ4v) is 3.36. The van der Waals surface area contributed by atoms with E-state index in [1.165, 1.54) is 0 Å². The van der Waals surface area contributed by atoms with Crippen LogP contribution in [0.1, 0.15) is 31.9 Å². The normalized spacial score (nSPS) is 12.3. The molecule has 156 valence electrons. The van der Waals surface area contributed by atoms with Crippen molar-refractivity contribution in [3.8, 4) is 23.2 Å². The lowest BCUT2D eigenvalue weighted by atomic mass is 10.0. The molecule has 31 heavy (non-hydrogen) atoms. The van der Waals surface area contributed by atoms with E-state index < -0.39 is 5.54 Å². The summed E-state index contributed by atoms with van der Waals surface area (Å²) in [7, 11) is 0. The smallest absolute Gasteiger partial charge is 0.198 e. The van der Waals surface area contributed by atoms with E-state index in [2.05, 4.69) is 31.1 Å². The summed E-state index contributed by atoms with van der Waals surface area (Å²) in [5, 5.41) is 25.0. The van der Waals surface area contributed by atoms with Gasteiger partial charge in [0.05, 0.1) is 46.6 Å². The number of rotatable bonds is 4. The summed E-state index contributed by atoms with van der Waals surface area (Å²) in [4.78, 5) is 16.2. The molecule has 9 heteroatoms. The van der Waals surface area contributed by atoms with E-state index in [0.717, 1.165) is 16.5 Å². The van der Waals surface area contributed by atoms with Crippen LogP contribution in [0.15, 0.2) is 41.9 Å². The molecule has 0 aromatic carbocycles. The minimum atomic E-state index is -0.783. The topological polar surface area (TPSA) is 142 Å². The van der Waals surface area contributed by atoms with Crippen molar-refractivity contribution < 1.29 is 5.11 Å². The Balaban J connectivity index is 1.80. The van der Waals surface area contributed by atoms with Gasteiger partial charge >= 0.3 is 0 Å². The number of aromatic hydroxyl groups is 1. The van der Waals surface area contributed by atoms with Gasteiger partial charge in [-0.25, -0.2) is 4.99 Å². The Morgan fingerprint density at radius 3 is 2.84 bits per heavy atom. The van der Waals surface area contributed by atoms with Gasteiger partial charge in [-0.05, 0) is 39.3 Å². The van der Waals surface area contributed by atoms with Crippen LogP contribution in [0.5, 0.6) is 5.88 Å². The fourth-order valence-electron chi connectivity index (χ4n) is 3.36. The van der Waals surface area contributed by atoms with Gasteiger partial charge in [0.1, 0.15) is 5.54 Å². The lowest BCUT2D eigenvalue weighted by Gasteiger charge is -2.14. The van der Waals surface area contributed by atoms with Crippen LogP contribution in [-0.4, -0.2) is 35.6 Å². The van der Waals surface area contributed by atoms with E-state index in [1.54, 1.807) is 56.3 Å². The minimum absolute atomic E-state index is 0.00518. The summed E-state index contributed by atoms with van der Waals surface area (Å²) >= 11 is 0. The van der Waals surface area contributed by atoms with Crippen LogP contribution in [0.4, 0.5) is 11.5 Å². The molecule has 4 rings (SSSR count). The highest BCUT2D eigenvalue weighted by Gasteiger charge is 2.21. The number of anilines is 1. The number of nitrogens with two attached hydrogens (primary N) is 1. The van der Waals surface area contributed by atoms with Crippen molar-refractivity contribution in [3.05, 3.63) is 48.0 Å². The molecular formula is C22H22N8O. The predicted molar refractivity (Wildman–Crippen MR) is 119 cm³/mol. The van der Waals surface area contributed by atoms with Crippen molar-refractivity contribution >= 4 is 28.1 Å². The Hall–Kier alpha value is -4.19. The molecule has 0 amide bonds. The van der Waals surface area contributed by atoms with E-state index in [1.807, 2.05) is 13.0 Å². The number of hydrogen-bond acceptors (Lipinski definition) is 7. The molecule has 9 nitrogen and oxygen atoms in total. The summed E-state index contributed by atoms with van der Waals surface area (Å²) in [5.74, 6) is 0.439. The Morgan fingerprint density at radius 1 is 1.32 bits per heavy atom. The molecule has 0 fully saturated rings. The van der Waals surface area contributed by atoms with Gasteiger partial charge in [-0.15, -0.1) is 0 Å². The van der Waals surface area contributed by atoms with E-state index in [-0.39, 0.29) is 5.88 Å². The number of fused-ring (bicyclic) bond motifs is 1. The molecule has 0 saturated heterocycles. The third-order valence-corrected chi connectivity index (χ3v) is 5.26. The first-order chi connectivity index (χ1) is 14.7. The SMILES string of the molecule is CC(=Nc1ccn(C(C)(C)C#N)n1)c1c(O)[nH]c2cnc(-c3cncc(N)c3C)cc12. The Labute approximate surface area is 178 Å². The van der Waals surface area contributed by atoms with Gasteiger partial charge in [0, 0.05) is 29.4 Å². The third-order valence-electron chi connectivity index (χ3n) is 5.26. The number of hydrogen-bond donors (Lipinski definition) is 3. The quantitative estimate of drug-likeness (QED) is 0.433. The fraction of sp³-hybridized carbons (Fsp3) is 0.227. The molecule has 0 aliphatic heterocycles. The van der Waals surface area contributed by atoms with Crippen LogP contribution in [0.25, 0.3) is 22.2 Å². The molecule has 0 atom stereocenters. The molecule has 0 radical (unpaired) electrons. The summed E-state index contributed by atoms with van der Waals surface area (Å²) in [6.07, 6.45) is 6.70. The number of aromatic amines is 1. The van der Waals surface area contributed by atoms with Crippen molar-refractivity contribution in [2.24, 2.45) is 4.99 Å². The second kappa shape index (κ2) is 7.25. The number of nitriles is 1. The number of nitrogens with one attached hydrogen (secondary N) is 1. The first-order valence-electron chi connectivity index (χ1n) is 9.65. The first-order valence-corrected chi connectivity index (χ1v) is 9.65. The highest BCUT2D eigenvalue weighted by atomic mass is 16.3. The molecule has 0 saturated carbocycles. The van der Waals surface area contributed by atoms with Crippen molar-refractivity contribution in [3.63, 3.8) is 0 Å². The molecule has 4 heterocycles. The first kappa shape index (κ1) is 20.1. The van der Waals surface area contributed by atoms with E-state index in [4.69, 9.17) is 5.73 Å². The summed E-state index contributed by atoms with van der Waals surface area (Å²) in [6, 6.07) is 5.80.